The normalized spacial score (nSPS) is 10.3. The van der Waals surface area contributed by atoms with Crippen molar-refractivity contribution in [2.24, 2.45) is 0 Å². The number of rotatable bonds is 3. The Hall–Kier alpha value is -1.60. The van der Waals surface area contributed by atoms with Gasteiger partial charge in [-0.05, 0) is 34.4 Å². The molecule has 0 bridgehead atoms. The zero-order valence-electron chi connectivity index (χ0n) is 8.74. The fourth-order valence-electron chi connectivity index (χ4n) is 1.87. The number of halogens is 1. The minimum absolute atomic E-state index is 0.409. The van der Waals surface area contributed by atoms with Crippen molar-refractivity contribution in [2.75, 3.05) is 0 Å². The van der Waals surface area contributed by atoms with Crippen LogP contribution in [0.4, 0.5) is 0 Å². The van der Waals surface area contributed by atoms with E-state index < -0.39 is 5.24 Å². The van der Waals surface area contributed by atoms with Crippen LogP contribution in [0.3, 0.4) is 0 Å². The number of fused-ring (bicyclic) bond motifs is 1. The smallest absolute Gasteiger partial charge is 0.253 e. The topological polar surface area (TPSA) is 17.1 Å². The first-order valence-electron chi connectivity index (χ1n) is 5.05. The van der Waals surface area contributed by atoms with Gasteiger partial charge in [0.05, 0.1) is 0 Å². The molecular formula is C14H11ClO. The van der Waals surface area contributed by atoms with Gasteiger partial charge in [-0.25, -0.2) is 0 Å². The molecule has 2 heteroatoms. The van der Waals surface area contributed by atoms with Crippen LogP contribution in [0.1, 0.15) is 15.9 Å². The molecule has 0 N–H and O–H groups in total. The molecule has 0 saturated carbocycles. The van der Waals surface area contributed by atoms with Crippen molar-refractivity contribution in [1.29, 1.82) is 0 Å². The van der Waals surface area contributed by atoms with Gasteiger partial charge in [0.25, 0.3) is 5.24 Å². The van der Waals surface area contributed by atoms with Crippen LogP contribution in [0.2, 0.25) is 0 Å². The Labute approximate surface area is 99.3 Å². The minimum Gasteiger partial charge on any atom is -0.276 e. The van der Waals surface area contributed by atoms with Gasteiger partial charge in [-0.2, -0.15) is 0 Å². The first kappa shape index (κ1) is 10.9. The molecule has 2 rings (SSSR count). The van der Waals surface area contributed by atoms with Gasteiger partial charge in [-0.15, -0.1) is 6.58 Å². The van der Waals surface area contributed by atoms with Gasteiger partial charge < -0.3 is 0 Å². The third-order valence-electron chi connectivity index (χ3n) is 2.58. The van der Waals surface area contributed by atoms with Crippen molar-refractivity contribution in [3.8, 4) is 0 Å². The van der Waals surface area contributed by atoms with Gasteiger partial charge >= 0.3 is 0 Å². The van der Waals surface area contributed by atoms with Crippen molar-refractivity contribution >= 4 is 27.6 Å². The molecule has 0 unspecified atom stereocenters. The third-order valence-corrected chi connectivity index (χ3v) is 2.77. The molecule has 80 valence electrons. The zero-order valence-corrected chi connectivity index (χ0v) is 9.50. The molecule has 0 aliphatic heterocycles. The van der Waals surface area contributed by atoms with Gasteiger partial charge in [-0.1, -0.05) is 42.5 Å². The lowest BCUT2D eigenvalue weighted by molar-refractivity contribution is 0.108. The Morgan fingerprint density at radius 2 is 2.00 bits per heavy atom. The molecule has 0 radical (unpaired) electrons. The maximum Gasteiger partial charge on any atom is 0.253 e. The lowest BCUT2D eigenvalue weighted by Gasteiger charge is -2.07. The monoisotopic (exact) mass is 230 g/mol. The molecular weight excluding hydrogens is 220 g/mol. The second-order valence-electron chi connectivity index (χ2n) is 3.59. The van der Waals surface area contributed by atoms with Crippen molar-refractivity contribution in [3.05, 3.63) is 60.2 Å². The van der Waals surface area contributed by atoms with Gasteiger partial charge in [0.1, 0.15) is 0 Å². The van der Waals surface area contributed by atoms with E-state index in [1.54, 1.807) is 6.08 Å². The second kappa shape index (κ2) is 4.50. The zero-order chi connectivity index (χ0) is 11.5. The van der Waals surface area contributed by atoms with E-state index in [1.165, 1.54) is 0 Å². The minimum atomic E-state index is -0.409. The van der Waals surface area contributed by atoms with Gasteiger partial charge in [0, 0.05) is 5.56 Å². The Kier molecular flexibility index (Phi) is 3.07. The summed E-state index contributed by atoms with van der Waals surface area (Å²) in [7, 11) is 0. The molecule has 0 saturated heterocycles. The van der Waals surface area contributed by atoms with Gasteiger partial charge in [0.2, 0.25) is 0 Å². The van der Waals surface area contributed by atoms with Crippen LogP contribution in [0.25, 0.3) is 10.8 Å². The molecule has 0 amide bonds. The summed E-state index contributed by atoms with van der Waals surface area (Å²) in [5, 5.41) is 1.52. The van der Waals surface area contributed by atoms with Crippen molar-refractivity contribution in [1.82, 2.24) is 0 Å². The van der Waals surface area contributed by atoms with E-state index in [-0.39, 0.29) is 0 Å². The van der Waals surface area contributed by atoms with E-state index in [0.717, 1.165) is 16.3 Å². The van der Waals surface area contributed by atoms with Crippen LogP contribution in [0, 0.1) is 0 Å². The summed E-state index contributed by atoms with van der Waals surface area (Å²) in [6, 6.07) is 11.7. The predicted octanol–water partition coefficient (Wildman–Crippen LogP) is 3.95. The highest BCUT2D eigenvalue weighted by Crippen LogP contribution is 2.24. The van der Waals surface area contributed by atoms with E-state index in [9.17, 15) is 4.79 Å². The van der Waals surface area contributed by atoms with Crippen molar-refractivity contribution in [2.45, 2.75) is 6.42 Å². The van der Waals surface area contributed by atoms with Crippen LogP contribution >= 0.6 is 11.6 Å². The molecule has 0 aromatic heterocycles. The van der Waals surface area contributed by atoms with E-state index in [1.807, 2.05) is 36.4 Å². The lowest BCUT2D eigenvalue weighted by atomic mass is 9.98. The summed E-state index contributed by atoms with van der Waals surface area (Å²) in [6.45, 7) is 3.68. The first-order valence-corrected chi connectivity index (χ1v) is 5.43. The average Bonchev–Trinajstić information content (AvgIpc) is 2.28. The quantitative estimate of drug-likeness (QED) is 0.577. The number of benzene rings is 2. The molecule has 2 aromatic carbocycles. The van der Waals surface area contributed by atoms with E-state index in [0.29, 0.717) is 12.0 Å². The summed E-state index contributed by atoms with van der Waals surface area (Å²) in [5.74, 6) is 0. The van der Waals surface area contributed by atoms with Crippen LogP contribution in [0.15, 0.2) is 49.1 Å². The molecule has 1 nitrogen and oxygen atoms in total. The highest BCUT2D eigenvalue weighted by Gasteiger charge is 2.11. The van der Waals surface area contributed by atoms with Crippen LogP contribution in [-0.4, -0.2) is 5.24 Å². The van der Waals surface area contributed by atoms with E-state index in [4.69, 9.17) is 11.6 Å². The number of carbonyl (C=O) groups excluding carboxylic acids is 1. The molecule has 0 fully saturated rings. The van der Waals surface area contributed by atoms with E-state index in [2.05, 4.69) is 6.58 Å². The molecule has 0 spiro atoms. The fourth-order valence-corrected chi connectivity index (χ4v) is 2.10. The van der Waals surface area contributed by atoms with Crippen LogP contribution in [-0.2, 0) is 6.42 Å². The summed E-state index contributed by atoms with van der Waals surface area (Å²) in [6.07, 6.45) is 2.42. The summed E-state index contributed by atoms with van der Waals surface area (Å²) in [5.41, 5.74) is 1.52. The maximum absolute atomic E-state index is 11.5. The van der Waals surface area contributed by atoms with Gasteiger partial charge in [-0.3, -0.25) is 4.79 Å². The SMILES string of the molecule is C=CCc1ccc2ccccc2c1C(=O)Cl. The Balaban J connectivity index is 2.78. The largest absolute Gasteiger partial charge is 0.276 e. The summed E-state index contributed by atoms with van der Waals surface area (Å²) in [4.78, 5) is 11.5. The number of carbonyl (C=O) groups is 1. The third kappa shape index (κ3) is 1.86. The number of hydrogen-bond donors (Lipinski definition) is 0. The molecule has 0 heterocycles. The highest BCUT2D eigenvalue weighted by molar-refractivity contribution is 6.68. The molecule has 0 aliphatic rings. The van der Waals surface area contributed by atoms with Gasteiger partial charge in [0.15, 0.2) is 0 Å². The standard InChI is InChI=1S/C14H11ClO/c1-2-5-11-9-8-10-6-3-4-7-12(10)13(11)14(15)16/h2-4,6-9H,1,5H2. The maximum atomic E-state index is 11.5. The molecule has 16 heavy (non-hydrogen) atoms. The Morgan fingerprint density at radius 3 is 2.69 bits per heavy atom. The molecule has 2 aromatic rings. The first-order chi connectivity index (χ1) is 7.74. The van der Waals surface area contributed by atoms with Crippen LogP contribution < -0.4 is 0 Å². The number of hydrogen-bond acceptors (Lipinski definition) is 1. The van der Waals surface area contributed by atoms with Crippen LogP contribution in [0.5, 0.6) is 0 Å². The Bertz CT molecular complexity index is 558. The van der Waals surface area contributed by atoms with Crippen molar-refractivity contribution < 1.29 is 4.79 Å². The molecule has 0 aliphatic carbocycles. The fraction of sp³-hybridized carbons (Fsp3) is 0.0714. The van der Waals surface area contributed by atoms with E-state index >= 15 is 0 Å². The summed E-state index contributed by atoms with van der Waals surface area (Å²) >= 11 is 5.65. The lowest BCUT2D eigenvalue weighted by Crippen LogP contribution is -1.98. The second-order valence-corrected chi connectivity index (χ2v) is 3.93. The van der Waals surface area contributed by atoms with Crippen molar-refractivity contribution in [3.63, 3.8) is 0 Å². The average molecular weight is 231 g/mol. The Morgan fingerprint density at radius 1 is 1.25 bits per heavy atom. The molecule has 0 atom stereocenters. The summed E-state index contributed by atoms with van der Waals surface area (Å²) < 4.78 is 0. The predicted molar refractivity (Wildman–Crippen MR) is 68.0 cm³/mol. The number of allylic oxidation sites excluding steroid dienone is 1. The highest BCUT2D eigenvalue weighted by atomic mass is 35.5.